The Morgan fingerprint density at radius 3 is 2.73 bits per heavy atom. The van der Waals surface area contributed by atoms with Gasteiger partial charge in [-0.2, -0.15) is 5.26 Å². The van der Waals surface area contributed by atoms with Gasteiger partial charge in [0.1, 0.15) is 17.4 Å². The molecule has 0 bridgehead atoms. The first kappa shape index (κ1) is 17.7. The highest BCUT2D eigenvalue weighted by Crippen LogP contribution is 2.38. The summed E-state index contributed by atoms with van der Waals surface area (Å²) in [6.45, 7) is 3.97. The Balaban J connectivity index is 2.24. The second kappa shape index (κ2) is 7.04. The Kier molecular flexibility index (Phi) is 4.81. The summed E-state index contributed by atoms with van der Waals surface area (Å²) < 4.78 is 12.3. The van der Waals surface area contributed by atoms with E-state index in [1.54, 1.807) is 19.2 Å². The average Bonchev–Trinajstić information content (AvgIpc) is 2.65. The number of ether oxygens (including phenoxy) is 2. The van der Waals surface area contributed by atoms with Gasteiger partial charge in [0.2, 0.25) is 0 Å². The molecule has 1 aliphatic rings. The number of nitriles is 1. The molecule has 6 heteroatoms. The third-order valence-electron chi connectivity index (χ3n) is 4.72. The van der Waals surface area contributed by atoms with Gasteiger partial charge in [0, 0.05) is 23.9 Å². The lowest BCUT2D eigenvalue weighted by atomic mass is 9.89. The molecule has 0 amide bonds. The molecular formula is C20H20N2O4. The van der Waals surface area contributed by atoms with E-state index in [0.29, 0.717) is 17.7 Å². The van der Waals surface area contributed by atoms with Gasteiger partial charge in [-0.25, -0.2) is 4.79 Å². The minimum atomic E-state index is -0.606. The monoisotopic (exact) mass is 352 g/mol. The van der Waals surface area contributed by atoms with Crippen LogP contribution in [0.2, 0.25) is 0 Å². The standard InChI is InChI=1S/C20H20N2O4/c1-4-14-7-12-6-13(10-21)19(25-3)8-15(12)17-9-18(23)16(11-22(14)17)20(24)26-5-2/h6,8-9,11,14H,4-5,7H2,1-3H3. The number of hydrogen-bond donors (Lipinski definition) is 0. The zero-order chi connectivity index (χ0) is 18.8. The first-order valence-electron chi connectivity index (χ1n) is 8.58. The number of benzene rings is 1. The number of carbonyl (C=O) groups is 1. The maximum Gasteiger partial charge on any atom is 0.343 e. The number of methoxy groups -OCH3 is 1. The van der Waals surface area contributed by atoms with Crippen LogP contribution in [0.15, 0.2) is 29.2 Å². The molecule has 6 nitrogen and oxygen atoms in total. The van der Waals surface area contributed by atoms with Crippen LogP contribution in [0.1, 0.15) is 47.8 Å². The van der Waals surface area contributed by atoms with Gasteiger partial charge in [-0.15, -0.1) is 0 Å². The molecule has 0 saturated heterocycles. The summed E-state index contributed by atoms with van der Waals surface area (Å²) in [5.74, 6) is -0.138. The number of fused-ring (bicyclic) bond motifs is 3. The molecule has 0 N–H and O–H groups in total. The number of aromatic nitrogens is 1. The van der Waals surface area contributed by atoms with E-state index in [-0.39, 0.29) is 23.6 Å². The molecule has 1 aromatic heterocycles. The van der Waals surface area contributed by atoms with Crippen LogP contribution in [0.25, 0.3) is 11.3 Å². The van der Waals surface area contributed by atoms with Crippen molar-refractivity contribution in [3.63, 3.8) is 0 Å². The topological polar surface area (TPSA) is 81.3 Å². The third-order valence-corrected chi connectivity index (χ3v) is 4.72. The van der Waals surface area contributed by atoms with Crippen LogP contribution < -0.4 is 10.2 Å². The zero-order valence-electron chi connectivity index (χ0n) is 15.0. The van der Waals surface area contributed by atoms with E-state index in [1.807, 2.05) is 10.6 Å². The fraction of sp³-hybridized carbons (Fsp3) is 0.350. The normalized spacial score (nSPS) is 14.8. The Morgan fingerprint density at radius 2 is 2.12 bits per heavy atom. The van der Waals surface area contributed by atoms with Crippen molar-refractivity contribution in [3.8, 4) is 23.1 Å². The number of pyridine rings is 1. The Labute approximate surface area is 151 Å². The number of nitrogens with zero attached hydrogens (tertiary/aromatic N) is 2. The van der Waals surface area contributed by atoms with Crippen LogP contribution in [0.3, 0.4) is 0 Å². The quantitative estimate of drug-likeness (QED) is 0.790. The van der Waals surface area contributed by atoms with Crippen molar-refractivity contribution in [2.45, 2.75) is 32.7 Å². The van der Waals surface area contributed by atoms with Crippen LogP contribution in [-0.2, 0) is 11.2 Å². The van der Waals surface area contributed by atoms with Gasteiger partial charge in [0.15, 0.2) is 5.43 Å². The van der Waals surface area contributed by atoms with Crippen LogP contribution in [0.4, 0.5) is 0 Å². The van der Waals surface area contributed by atoms with Crippen molar-refractivity contribution in [2.24, 2.45) is 0 Å². The maximum atomic E-state index is 12.5. The van der Waals surface area contributed by atoms with Crippen molar-refractivity contribution < 1.29 is 14.3 Å². The van der Waals surface area contributed by atoms with E-state index >= 15 is 0 Å². The Bertz CT molecular complexity index is 969. The fourth-order valence-corrected chi connectivity index (χ4v) is 3.41. The third kappa shape index (κ3) is 2.86. The molecule has 0 saturated carbocycles. The predicted molar refractivity (Wildman–Crippen MR) is 96.4 cm³/mol. The molecule has 1 aromatic carbocycles. The first-order chi connectivity index (χ1) is 12.5. The van der Waals surface area contributed by atoms with Crippen LogP contribution in [0.5, 0.6) is 5.75 Å². The van der Waals surface area contributed by atoms with E-state index in [1.165, 1.54) is 13.2 Å². The zero-order valence-corrected chi connectivity index (χ0v) is 15.0. The predicted octanol–water partition coefficient (Wildman–Crippen LogP) is 3.08. The first-order valence-corrected chi connectivity index (χ1v) is 8.58. The van der Waals surface area contributed by atoms with E-state index in [2.05, 4.69) is 13.0 Å². The van der Waals surface area contributed by atoms with Crippen LogP contribution in [-0.4, -0.2) is 24.3 Å². The van der Waals surface area contributed by atoms with Gasteiger partial charge < -0.3 is 14.0 Å². The molecular weight excluding hydrogens is 332 g/mol. The maximum absolute atomic E-state index is 12.5. The summed E-state index contributed by atoms with van der Waals surface area (Å²) in [6.07, 6.45) is 3.13. The van der Waals surface area contributed by atoms with E-state index in [9.17, 15) is 14.9 Å². The fourth-order valence-electron chi connectivity index (χ4n) is 3.41. The van der Waals surface area contributed by atoms with E-state index in [0.717, 1.165) is 23.2 Å². The van der Waals surface area contributed by atoms with Gasteiger partial charge in [-0.05, 0) is 37.5 Å². The smallest absolute Gasteiger partial charge is 0.343 e. The van der Waals surface area contributed by atoms with Gasteiger partial charge in [-0.3, -0.25) is 4.79 Å². The van der Waals surface area contributed by atoms with Gasteiger partial charge >= 0.3 is 5.97 Å². The van der Waals surface area contributed by atoms with Crippen molar-refractivity contribution in [2.75, 3.05) is 13.7 Å². The minimum absolute atomic E-state index is 0.0399. The molecule has 2 aromatic rings. The highest BCUT2D eigenvalue weighted by atomic mass is 16.5. The van der Waals surface area contributed by atoms with Gasteiger partial charge in [0.05, 0.1) is 25.0 Å². The minimum Gasteiger partial charge on any atom is -0.495 e. The number of carbonyl (C=O) groups excluding carboxylic acids is 1. The van der Waals surface area contributed by atoms with E-state index < -0.39 is 5.97 Å². The molecule has 1 atom stereocenters. The molecule has 1 aliphatic heterocycles. The summed E-state index contributed by atoms with van der Waals surface area (Å²) in [4.78, 5) is 24.6. The lowest BCUT2D eigenvalue weighted by molar-refractivity contribution is 0.0523. The van der Waals surface area contributed by atoms with Crippen molar-refractivity contribution in [1.82, 2.24) is 4.57 Å². The van der Waals surface area contributed by atoms with Crippen LogP contribution >= 0.6 is 0 Å². The molecule has 3 rings (SSSR count). The second-order valence-electron chi connectivity index (χ2n) is 6.15. The molecule has 1 unspecified atom stereocenters. The molecule has 0 radical (unpaired) electrons. The highest BCUT2D eigenvalue weighted by molar-refractivity contribution is 5.89. The summed E-state index contributed by atoms with van der Waals surface area (Å²) >= 11 is 0. The van der Waals surface area contributed by atoms with Crippen molar-refractivity contribution >= 4 is 5.97 Å². The van der Waals surface area contributed by atoms with Crippen molar-refractivity contribution in [3.05, 3.63) is 51.3 Å². The average molecular weight is 352 g/mol. The van der Waals surface area contributed by atoms with Crippen molar-refractivity contribution in [1.29, 1.82) is 5.26 Å². The number of rotatable bonds is 4. The molecule has 26 heavy (non-hydrogen) atoms. The SMILES string of the molecule is CCOC(=O)c1cn2c(cc1=O)-c1cc(OC)c(C#N)cc1CC2CC. The molecule has 0 fully saturated rings. The molecule has 0 spiro atoms. The van der Waals surface area contributed by atoms with Crippen LogP contribution in [0, 0.1) is 11.3 Å². The summed E-state index contributed by atoms with van der Waals surface area (Å²) in [5.41, 5.74) is 2.70. The highest BCUT2D eigenvalue weighted by Gasteiger charge is 2.26. The lowest BCUT2D eigenvalue weighted by Gasteiger charge is -2.30. The molecule has 134 valence electrons. The van der Waals surface area contributed by atoms with Gasteiger partial charge in [0.25, 0.3) is 0 Å². The molecule has 2 heterocycles. The number of hydrogen-bond acceptors (Lipinski definition) is 5. The number of esters is 1. The summed E-state index contributed by atoms with van der Waals surface area (Å²) in [7, 11) is 1.51. The Hall–Kier alpha value is -3.07. The summed E-state index contributed by atoms with van der Waals surface area (Å²) in [6, 6.07) is 7.32. The largest absolute Gasteiger partial charge is 0.495 e. The Morgan fingerprint density at radius 1 is 1.35 bits per heavy atom. The second-order valence-corrected chi connectivity index (χ2v) is 6.15. The van der Waals surface area contributed by atoms with Gasteiger partial charge in [-0.1, -0.05) is 6.92 Å². The van der Waals surface area contributed by atoms with E-state index in [4.69, 9.17) is 9.47 Å². The lowest BCUT2D eigenvalue weighted by Crippen LogP contribution is -2.26. The molecule has 0 aliphatic carbocycles. The summed E-state index contributed by atoms with van der Waals surface area (Å²) in [5, 5.41) is 9.32.